The van der Waals surface area contributed by atoms with Crippen LogP contribution in [0.3, 0.4) is 0 Å². The van der Waals surface area contributed by atoms with Crippen molar-refractivity contribution in [1.29, 1.82) is 0 Å². The van der Waals surface area contributed by atoms with Gasteiger partial charge in [-0.05, 0) is 6.92 Å². The van der Waals surface area contributed by atoms with E-state index < -0.39 is 18.0 Å². The molecule has 0 fully saturated rings. The Morgan fingerprint density at radius 2 is 2.05 bits per heavy atom. The average Bonchev–Trinajstić information content (AvgIpc) is 2.47. The fourth-order valence-corrected chi connectivity index (χ4v) is 1.27. The molecular weight excluding hydrogens is 276 g/mol. The van der Waals surface area contributed by atoms with Gasteiger partial charge < -0.3 is 26.3 Å². The highest BCUT2D eigenvalue weighted by Crippen LogP contribution is 2.00. The lowest BCUT2D eigenvalue weighted by Gasteiger charge is -2.22. The van der Waals surface area contributed by atoms with Crippen LogP contribution in [0.15, 0.2) is 12.2 Å². The summed E-state index contributed by atoms with van der Waals surface area (Å²) < 4.78 is 10.3. The molecule has 21 heavy (non-hydrogen) atoms. The molecule has 0 aliphatic rings. The lowest BCUT2D eigenvalue weighted by atomic mass is 10.2. The molecule has 0 aromatic heterocycles. The number of hydrogen-bond acceptors (Lipinski definition) is 6. The Hall–Kier alpha value is -1.92. The van der Waals surface area contributed by atoms with E-state index in [1.54, 1.807) is 6.92 Å². The highest BCUT2D eigenvalue weighted by atomic mass is 16.5. The van der Waals surface area contributed by atoms with Gasteiger partial charge in [0.1, 0.15) is 6.10 Å². The number of nitrogens with one attached hydrogen (secondary N) is 2. The number of amides is 3. The number of carbonyl (C=O) groups excluding carboxylic acids is 2. The van der Waals surface area contributed by atoms with E-state index in [0.29, 0.717) is 0 Å². The Bertz CT molecular complexity index is 428. The quantitative estimate of drug-likeness (QED) is 0.262. The average molecular weight is 298 g/mol. The second-order valence-electron chi connectivity index (χ2n) is 3.96. The third-order valence-corrected chi connectivity index (χ3v) is 2.51. The summed E-state index contributed by atoms with van der Waals surface area (Å²) in [5.74, 6) is 4.21. The fraction of sp³-hybridized carbons (Fsp3) is 0.538. The first kappa shape index (κ1) is 19.1. The topological polar surface area (TPSA) is 129 Å². The fourth-order valence-electron chi connectivity index (χ4n) is 1.27. The first-order chi connectivity index (χ1) is 9.96. The molecule has 0 aliphatic heterocycles. The van der Waals surface area contributed by atoms with E-state index in [1.165, 1.54) is 7.11 Å². The molecule has 8 nitrogen and oxygen atoms in total. The largest absolute Gasteiger partial charge is 0.379 e. The van der Waals surface area contributed by atoms with Gasteiger partial charge in [0.05, 0.1) is 25.0 Å². The van der Waals surface area contributed by atoms with Crippen molar-refractivity contribution in [2.45, 2.75) is 19.1 Å². The van der Waals surface area contributed by atoms with Crippen LogP contribution in [0.2, 0.25) is 0 Å². The minimum Gasteiger partial charge on any atom is -0.379 e. The van der Waals surface area contributed by atoms with Gasteiger partial charge in [-0.3, -0.25) is 10.1 Å². The molecule has 2 unspecified atom stereocenters. The summed E-state index contributed by atoms with van der Waals surface area (Å²) >= 11 is 0. The lowest BCUT2D eigenvalue weighted by Crippen LogP contribution is -2.46. The van der Waals surface area contributed by atoms with Gasteiger partial charge in [0, 0.05) is 13.7 Å². The molecular formula is C13H22N4O4. The molecule has 8 heteroatoms. The summed E-state index contributed by atoms with van der Waals surface area (Å²) in [7, 11) is 1.52. The molecule has 0 radical (unpaired) electrons. The summed E-state index contributed by atoms with van der Waals surface area (Å²) in [6, 6.07) is -0.690. The van der Waals surface area contributed by atoms with Gasteiger partial charge in [0.2, 0.25) is 0 Å². The molecule has 118 valence electrons. The van der Waals surface area contributed by atoms with Gasteiger partial charge in [-0.25, -0.2) is 4.79 Å². The van der Waals surface area contributed by atoms with Gasteiger partial charge in [-0.1, -0.05) is 18.4 Å². The Balaban J connectivity index is 4.30. The first-order valence-corrected chi connectivity index (χ1v) is 6.27. The van der Waals surface area contributed by atoms with Crippen LogP contribution in [0, 0.1) is 11.8 Å². The molecule has 0 saturated heterocycles. The number of rotatable bonds is 7. The molecule has 0 bridgehead atoms. The summed E-state index contributed by atoms with van der Waals surface area (Å²) in [6.07, 6.45) is -0.698. The van der Waals surface area contributed by atoms with Gasteiger partial charge in [-0.15, -0.1) is 0 Å². The minimum absolute atomic E-state index is 0.00786. The predicted molar refractivity (Wildman–Crippen MR) is 77.9 cm³/mol. The first-order valence-electron chi connectivity index (χ1n) is 6.27. The smallest absolute Gasteiger partial charge is 0.321 e. The van der Waals surface area contributed by atoms with Crippen LogP contribution in [-0.4, -0.2) is 51.1 Å². The normalized spacial score (nSPS) is 12.6. The van der Waals surface area contributed by atoms with Crippen molar-refractivity contribution >= 4 is 11.9 Å². The van der Waals surface area contributed by atoms with E-state index in [2.05, 4.69) is 29.1 Å². The summed E-state index contributed by atoms with van der Waals surface area (Å²) in [5.41, 5.74) is 10.4. The van der Waals surface area contributed by atoms with E-state index in [9.17, 15) is 9.59 Å². The van der Waals surface area contributed by atoms with Crippen LogP contribution >= 0.6 is 0 Å². The molecule has 2 atom stereocenters. The molecule has 0 aromatic rings. The van der Waals surface area contributed by atoms with Crippen LogP contribution in [0.4, 0.5) is 4.79 Å². The summed E-state index contributed by atoms with van der Waals surface area (Å²) in [5, 5.41) is 4.56. The van der Waals surface area contributed by atoms with E-state index in [-0.39, 0.29) is 31.5 Å². The maximum atomic E-state index is 11.6. The molecule has 0 heterocycles. The maximum absolute atomic E-state index is 11.6. The van der Waals surface area contributed by atoms with Gasteiger partial charge >= 0.3 is 6.03 Å². The molecule has 0 rings (SSSR count). The van der Waals surface area contributed by atoms with Crippen LogP contribution in [0.25, 0.3) is 0 Å². The van der Waals surface area contributed by atoms with Gasteiger partial charge in [0.15, 0.2) is 0 Å². The minimum atomic E-state index is -0.690. The van der Waals surface area contributed by atoms with Crippen molar-refractivity contribution in [3.63, 3.8) is 0 Å². The number of hydrogen-bond donors (Lipinski definition) is 4. The third-order valence-electron chi connectivity index (χ3n) is 2.51. The molecule has 3 amide bonds. The van der Waals surface area contributed by atoms with Crippen molar-refractivity contribution in [3.05, 3.63) is 12.2 Å². The van der Waals surface area contributed by atoms with Gasteiger partial charge in [-0.2, -0.15) is 0 Å². The highest BCUT2D eigenvalue weighted by Gasteiger charge is 2.18. The number of methoxy groups -OCH3 is 1. The monoisotopic (exact) mass is 298 g/mol. The number of imide groups is 1. The van der Waals surface area contributed by atoms with Crippen molar-refractivity contribution in [3.8, 4) is 11.8 Å². The number of carbonyl (C=O) groups is 2. The second kappa shape index (κ2) is 10.8. The zero-order valence-corrected chi connectivity index (χ0v) is 12.3. The standard InChI is InChI=1S/C13H22N4O4/c1-9(5-4-6-14)12(18)17-13(19)16-7-11(21-8-15)10(2)20-3/h10-11H,1,6-8,14-15H2,2-3H3,(H2,16,17,18,19). The molecule has 6 N–H and O–H groups in total. The Labute approximate surface area is 124 Å². The summed E-state index contributed by atoms with van der Waals surface area (Å²) in [6.45, 7) is 5.43. The van der Waals surface area contributed by atoms with Crippen molar-refractivity contribution in [2.24, 2.45) is 11.5 Å². The van der Waals surface area contributed by atoms with Gasteiger partial charge in [0.25, 0.3) is 5.91 Å². The number of ether oxygens (including phenoxy) is 2. The van der Waals surface area contributed by atoms with E-state index in [0.717, 1.165) is 0 Å². The van der Waals surface area contributed by atoms with Crippen molar-refractivity contribution < 1.29 is 19.1 Å². The van der Waals surface area contributed by atoms with Crippen LogP contribution in [0.1, 0.15) is 6.92 Å². The maximum Gasteiger partial charge on any atom is 0.321 e. The zero-order valence-electron chi connectivity index (χ0n) is 12.3. The second-order valence-corrected chi connectivity index (χ2v) is 3.96. The van der Waals surface area contributed by atoms with Crippen molar-refractivity contribution in [2.75, 3.05) is 26.9 Å². The molecule has 0 aliphatic carbocycles. The number of nitrogens with two attached hydrogens (primary N) is 2. The molecule has 0 saturated carbocycles. The van der Waals surface area contributed by atoms with Crippen LogP contribution in [-0.2, 0) is 14.3 Å². The van der Waals surface area contributed by atoms with Crippen LogP contribution in [0.5, 0.6) is 0 Å². The van der Waals surface area contributed by atoms with Crippen LogP contribution < -0.4 is 22.1 Å². The number of urea groups is 1. The third kappa shape index (κ3) is 8.06. The zero-order chi connectivity index (χ0) is 16.3. The predicted octanol–water partition coefficient (Wildman–Crippen LogP) is -1.33. The van der Waals surface area contributed by atoms with Crippen molar-refractivity contribution in [1.82, 2.24) is 10.6 Å². The lowest BCUT2D eigenvalue weighted by molar-refractivity contribution is -0.116. The molecule has 0 spiro atoms. The summed E-state index contributed by atoms with van der Waals surface area (Å²) in [4.78, 5) is 23.1. The Kier molecular flexibility index (Phi) is 9.83. The van der Waals surface area contributed by atoms with E-state index in [4.69, 9.17) is 20.9 Å². The highest BCUT2D eigenvalue weighted by molar-refractivity contribution is 6.06. The van der Waals surface area contributed by atoms with E-state index >= 15 is 0 Å². The Morgan fingerprint density at radius 3 is 2.57 bits per heavy atom. The SMILES string of the molecule is C=C(C#CCN)C(=O)NC(=O)NCC(OCN)C(C)OC. The van der Waals surface area contributed by atoms with E-state index in [1.807, 2.05) is 0 Å². The Morgan fingerprint density at radius 1 is 1.38 bits per heavy atom. The molecule has 0 aromatic carbocycles.